The van der Waals surface area contributed by atoms with Gasteiger partial charge in [-0.1, -0.05) is 32.4 Å². The lowest BCUT2D eigenvalue weighted by molar-refractivity contribution is -0.153. The highest BCUT2D eigenvalue weighted by molar-refractivity contribution is 6.31. The van der Waals surface area contributed by atoms with E-state index in [4.69, 9.17) is 16.3 Å². The van der Waals surface area contributed by atoms with Crippen LogP contribution in [0.2, 0.25) is 5.02 Å². The second-order valence-electron chi connectivity index (χ2n) is 6.70. The molecule has 1 aromatic carbocycles. The molecule has 1 aromatic rings. The van der Waals surface area contributed by atoms with Gasteiger partial charge in [-0.05, 0) is 24.6 Å². The number of amides is 2. The van der Waals surface area contributed by atoms with Crippen molar-refractivity contribution in [3.8, 4) is 5.75 Å². The van der Waals surface area contributed by atoms with E-state index < -0.39 is 24.1 Å². The second-order valence-corrected chi connectivity index (χ2v) is 7.14. The number of carbonyl (C=O) groups is 2. The molecule has 0 saturated heterocycles. The molecule has 0 fully saturated rings. The van der Waals surface area contributed by atoms with Gasteiger partial charge in [0.2, 0.25) is 11.8 Å². The van der Waals surface area contributed by atoms with Crippen LogP contribution in [0.3, 0.4) is 0 Å². The summed E-state index contributed by atoms with van der Waals surface area (Å²) in [6.07, 6.45) is -4.03. The molecule has 9 heteroatoms. The van der Waals surface area contributed by atoms with E-state index in [1.165, 1.54) is 18.2 Å². The van der Waals surface area contributed by atoms with Crippen LogP contribution in [0, 0.1) is 5.41 Å². The summed E-state index contributed by atoms with van der Waals surface area (Å²) in [5.41, 5.74) is -0.459. The van der Waals surface area contributed by atoms with Gasteiger partial charge in [-0.3, -0.25) is 9.59 Å². The first-order valence-electron chi connectivity index (χ1n) is 7.96. The number of rotatable bonds is 7. The first kappa shape index (κ1) is 22.1. The van der Waals surface area contributed by atoms with Crippen molar-refractivity contribution in [1.82, 2.24) is 5.32 Å². The summed E-state index contributed by atoms with van der Waals surface area (Å²) in [5, 5.41) is 5.43. The van der Waals surface area contributed by atoms with Crippen LogP contribution in [0.15, 0.2) is 18.2 Å². The van der Waals surface area contributed by atoms with E-state index in [2.05, 4.69) is 10.6 Å². The first-order valence-corrected chi connectivity index (χ1v) is 8.33. The highest BCUT2D eigenvalue weighted by Crippen LogP contribution is 2.29. The number of nitrogens with one attached hydrogen (secondary N) is 2. The van der Waals surface area contributed by atoms with Gasteiger partial charge in [0.1, 0.15) is 5.75 Å². The average Bonchev–Trinajstić information content (AvgIpc) is 2.48. The maximum absolute atomic E-state index is 12.3. The first-order chi connectivity index (χ1) is 11.9. The van der Waals surface area contributed by atoms with E-state index in [0.717, 1.165) is 0 Å². The SMILES string of the molecule is CC(C)(C)C(=O)NCCCC(=O)Nc1cc(Cl)ccc1OCC(F)(F)F. The topological polar surface area (TPSA) is 67.4 Å². The molecule has 1 rings (SSSR count). The van der Waals surface area contributed by atoms with Crippen LogP contribution in [0.1, 0.15) is 33.6 Å². The minimum atomic E-state index is -4.49. The number of alkyl halides is 3. The number of carbonyl (C=O) groups excluding carboxylic acids is 2. The summed E-state index contributed by atoms with van der Waals surface area (Å²) in [6, 6.07) is 3.94. The molecule has 0 spiro atoms. The minimum Gasteiger partial charge on any atom is -0.482 e. The molecule has 0 aliphatic rings. The Hall–Kier alpha value is -1.96. The lowest BCUT2D eigenvalue weighted by Gasteiger charge is -2.17. The van der Waals surface area contributed by atoms with Crippen molar-refractivity contribution in [3.63, 3.8) is 0 Å². The molecule has 2 N–H and O–H groups in total. The van der Waals surface area contributed by atoms with Gasteiger partial charge in [0.05, 0.1) is 5.69 Å². The van der Waals surface area contributed by atoms with E-state index in [0.29, 0.717) is 13.0 Å². The Morgan fingerprint density at radius 2 is 1.85 bits per heavy atom. The zero-order chi connectivity index (χ0) is 20.0. The summed E-state index contributed by atoms with van der Waals surface area (Å²) in [7, 11) is 0. The van der Waals surface area contributed by atoms with E-state index in [-0.39, 0.29) is 28.8 Å². The van der Waals surface area contributed by atoms with Crippen molar-refractivity contribution in [2.24, 2.45) is 5.41 Å². The number of anilines is 1. The van der Waals surface area contributed by atoms with Crippen LogP contribution in [0.4, 0.5) is 18.9 Å². The summed E-state index contributed by atoms with van der Waals surface area (Å²) in [4.78, 5) is 23.7. The molecule has 26 heavy (non-hydrogen) atoms. The molecule has 0 radical (unpaired) electrons. The van der Waals surface area contributed by atoms with Crippen LogP contribution in [-0.4, -0.2) is 31.1 Å². The van der Waals surface area contributed by atoms with Gasteiger partial charge in [0.15, 0.2) is 6.61 Å². The van der Waals surface area contributed by atoms with Gasteiger partial charge in [0.25, 0.3) is 0 Å². The van der Waals surface area contributed by atoms with Crippen LogP contribution < -0.4 is 15.4 Å². The zero-order valence-corrected chi connectivity index (χ0v) is 15.6. The monoisotopic (exact) mass is 394 g/mol. The fraction of sp³-hybridized carbons (Fsp3) is 0.529. The Kier molecular flexibility index (Phi) is 7.74. The molecule has 0 bridgehead atoms. The van der Waals surface area contributed by atoms with Gasteiger partial charge in [0, 0.05) is 23.4 Å². The number of hydrogen-bond donors (Lipinski definition) is 2. The maximum Gasteiger partial charge on any atom is 0.422 e. The summed E-state index contributed by atoms with van der Waals surface area (Å²) < 4.78 is 41.6. The van der Waals surface area contributed by atoms with Crippen LogP contribution in [0.5, 0.6) is 5.75 Å². The molecular formula is C17H22ClF3N2O3. The van der Waals surface area contributed by atoms with Crippen molar-refractivity contribution in [1.29, 1.82) is 0 Å². The predicted octanol–water partition coefficient (Wildman–Crippen LogP) is 4.16. The fourth-order valence-electron chi connectivity index (χ4n) is 1.81. The highest BCUT2D eigenvalue weighted by Gasteiger charge is 2.29. The number of benzene rings is 1. The number of hydrogen-bond acceptors (Lipinski definition) is 3. The lowest BCUT2D eigenvalue weighted by Crippen LogP contribution is -2.35. The van der Waals surface area contributed by atoms with Crippen molar-refractivity contribution in [2.75, 3.05) is 18.5 Å². The van der Waals surface area contributed by atoms with E-state index in [1.54, 1.807) is 20.8 Å². The largest absolute Gasteiger partial charge is 0.482 e. The normalized spacial score (nSPS) is 11.8. The Morgan fingerprint density at radius 3 is 2.42 bits per heavy atom. The summed E-state index contributed by atoms with van der Waals surface area (Å²) in [5.74, 6) is -0.675. The zero-order valence-electron chi connectivity index (χ0n) is 14.8. The third-order valence-corrected chi connectivity index (χ3v) is 3.39. The number of ether oxygens (including phenoxy) is 1. The molecule has 0 unspecified atom stereocenters. The third-order valence-electron chi connectivity index (χ3n) is 3.15. The lowest BCUT2D eigenvalue weighted by atomic mass is 9.96. The molecule has 146 valence electrons. The average molecular weight is 395 g/mol. The van der Waals surface area contributed by atoms with Crippen LogP contribution in [-0.2, 0) is 9.59 Å². The van der Waals surface area contributed by atoms with Crippen molar-refractivity contribution in [3.05, 3.63) is 23.2 Å². The standard InChI is InChI=1S/C17H22ClF3N2O3/c1-16(2,3)15(25)22-8-4-5-14(24)23-12-9-11(18)6-7-13(12)26-10-17(19,20)21/h6-7,9H,4-5,8,10H2,1-3H3,(H,22,25)(H,23,24). The van der Waals surface area contributed by atoms with E-state index in [1.807, 2.05) is 0 Å². The minimum absolute atomic E-state index is 0.0606. The van der Waals surface area contributed by atoms with Crippen molar-refractivity contribution < 1.29 is 27.5 Å². The Morgan fingerprint density at radius 1 is 1.19 bits per heavy atom. The predicted molar refractivity (Wildman–Crippen MR) is 93.3 cm³/mol. The summed E-state index contributed by atoms with van der Waals surface area (Å²) in [6.45, 7) is 4.16. The molecule has 0 atom stereocenters. The molecule has 2 amide bonds. The highest BCUT2D eigenvalue weighted by atomic mass is 35.5. The molecule has 5 nitrogen and oxygen atoms in total. The van der Waals surface area contributed by atoms with Crippen molar-refractivity contribution in [2.45, 2.75) is 39.8 Å². The number of halogens is 4. The van der Waals surface area contributed by atoms with E-state index >= 15 is 0 Å². The van der Waals surface area contributed by atoms with E-state index in [9.17, 15) is 22.8 Å². The Bertz CT molecular complexity index is 643. The quantitative estimate of drug-likeness (QED) is 0.682. The molecular weight excluding hydrogens is 373 g/mol. The van der Waals surface area contributed by atoms with Gasteiger partial charge in [-0.25, -0.2) is 0 Å². The molecule has 0 heterocycles. The van der Waals surface area contributed by atoms with Gasteiger partial charge < -0.3 is 15.4 Å². The Balaban J connectivity index is 2.55. The molecule has 0 aliphatic heterocycles. The van der Waals surface area contributed by atoms with Crippen molar-refractivity contribution >= 4 is 29.1 Å². The maximum atomic E-state index is 12.3. The van der Waals surface area contributed by atoms with Crippen LogP contribution in [0.25, 0.3) is 0 Å². The van der Waals surface area contributed by atoms with Crippen LogP contribution >= 0.6 is 11.6 Å². The summed E-state index contributed by atoms with van der Waals surface area (Å²) >= 11 is 5.82. The fourth-order valence-corrected chi connectivity index (χ4v) is 1.99. The second kappa shape index (κ2) is 9.12. The molecule has 0 aliphatic carbocycles. The smallest absolute Gasteiger partial charge is 0.422 e. The molecule has 0 aromatic heterocycles. The van der Waals surface area contributed by atoms with Gasteiger partial charge >= 0.3 is 6.18 Å². The van der Waals surface area contributed by atoms with Gasteiger partial charge in [-0.15, -0.1) is 0 Å². The molecule has 0 saturated carbocycles. The Labute approximate surface area is 155 Å². The third kappa shape index (κ3) is 8.42. The van der Waals surface area contributed by atoms with Gasteiger partial charge in [-0.2, -0.15) is 13.2 Å².